The molecule has 0 radical (unpaired) electrons. The van der Waals surface area contributed by atoms with E-state index in [2.05, 4.69) is 5.32 Å². The van der Waals surface area contributed by atoms with Gasteiger partial charge in [0.05, 0.1) is 5.92 Å². The first-order valence-corrected chi connectivity index (χ1v) is 8.74. The molecule has 0 fully saturated rings. The molecule has 0 heterocycles. The van der Waals surface area contributed by atoms with Crippen LogP contribution in [0.15, 0.2) is 84.9 Å². The van der Waals surface area contributed by atoms with Crippen molar-refractivity contribution in [1.29, 1.82) is 0 Å². The fraction of sp³-hybridized carbons (Fsp3) is 0.136. The summed E-state index contributed by atoms with van der Waals surface area (Å²) in [5.41, 5.74) is 3.10. The maximum atomic E-state index is 12.9. The number of nitrogens with one attached hydrogen (secondary N) is 1. The van der Waals surface area contributed by atoms with E-state index in [1.807, 2.05) is 84.9 Å². The van der Waals surface area contributed by atoms with Gasteiger partial charge in [-0.2, -0.15) is 0 Å². The molecule has 0 spiro atoms. The molecule has 0 aromatic heterocycles. The van der Waals surface area contributed by atoms with Gasteiger partial charge in [0, 0.05) is 11.6 Å². The van der Waals surface area contributed by atoms with Crippen molar-refractivity contribution >= 4 is 17.5 Å². The van der Waals surface area contributed by atoms with Crippen molar-refractivity contribution in [3.63, 3.8) is 0 Å². The predicted molar refractivity (Wildman–Crippen MR) is 103 cm³/mol. The molecule has 0 atom stereocenters. The second kappa shape index (κ2) is 8.50. The second-order valence-electron chi connectivity index (χ2n) is 5.93. The summed E-state index contributed by atoms with van der Waals surface area (Å²) in [4.78, 5) is 12.9. The fourth-order valence-corrected chi connectivity index (χ4v) is 3.12. The van der Waals surface area contributed by atoms with Crippen molar-refractivity contribution in [2.24, 2.45) is 0 Å². The minimum atomic E-state index is -0.304. The van der Waals surface area contributed by atoms with Crippen molar-refractivity contribution in [3.05, 3.63) is 107 Å². The molecule has 0 saturated heterocycles. The molecule has 0 saturated carbocycles. The summed E-state index contributed by atoms with van der Waals surface area (Å²) in [5, 5.41) is 3.78. The van der Waals surface area contributed by atoms with Crippen molar-refractivity contribution in [2.45, 2.75) is 12.3 Å². The molecule has 3 rings (SSSR count). The van der Waals surface area contributed by atoms with Gasteiger partial charge in [-0.1, -0.05) is 84.4 Å². The van der Waals surface area contributed by atoms with Gasteiger partial charge in [0.25, 0.3) is 0 Å². The van der Waals surface area contributed by atoms with Crippen LogP contribution >= 0.6 is 11.6 Å². The lowest BCUT2D eigenvalue weighted by Gasteiger charge is -2.18. The summed E-state index contributed by atoms with van der Waals surface area (Å²) in [6, 6.07) is 27.5. The highest BCUT2D eigenvalue weighted by Gasteiger charge is 2.21. The van der Waals surface area contributed by atoms with Gasteiger partial charge in [-0.15, -0.1) is 0 Å². The molecule has 3 aromatic rings. The molecular formula is C22H20ClNO. The first-order valence-electron chi connectivity index (χ1n) is 8.36. The van der Waals surface area contributed by atoms with Crippen LogP contribution in [0.2, 0.25) is 5.02 Å². The van der Waals surface area contributed by atoms with Gasteiger partial charge in [-0.05, 0) is 35.2 Å². The second-order valence-corrected chi connectivity index (χ2v) is 6.36. The largest absolute Gasteiger partial charge is 0.355 e. The lowest BCUT2D eigenvalue weighted by molar-refractivity contribution is -0.121. The van der Waals surface area contributed by atoms with Crippen LogP contribution in [0.5, 0.6) is 0 Å². The third-order valence-electron chi connectivity index (χ3n) is 4.13. The Bertz CT molecular complexity index is 778. The smallest absolute Gasteiger partial charge is 0.232 e. The lowest BCUT2D eigenvalue weighted by Crippen LogP contribution is -2.31. The Morgan fingerprint density at radius 2 is 1.44 bits per heavy atom. The Morgan fingerprint density at radius 1 is 0.840 bits per heavy atom. The third kappa shape index (κ3) is 4.71. The van der Waals surface area contributed by atoms with E-state index in [-0.39, 0.29) is 11.8 Å². The number of carbonyl (C=O) groups excluding carboxylic acids is 1. The van der Waals surface area contributed by atoms with E-state index in [9.17, 15) is 4.79 Å². The molecule has 25 heavy (non-hydrogen) atoms. The first kappa shape index (κ1) is 17.2. The summed E-state index contributed by atoms with van der Waals surface area (Å²) in [6.45, 7) is 0.579. The van der Waals surface area contributed by atoms with Crippen LogP contribution in [0, 0.1) is 0 Å². The van der Waals surface area contributed by atoms with Gasteiger partial charge in [0.2, 0.25) is 5.91 Å². The minimum absolute atomic E-state index is 0.0134. The van der Waals surface area contributed by atoms with Gasteiger partial charge in [0.15, 0.2) is 0 Å². The Balaban J connectivity index is 1.71. The number of benzene rings is 3. The molecule has 0 unspecified atom stereocenters. The Morgan fingerprint density at radius 3 is 2.00 bits per heavy atom. The normalized spacial score (nSPS) is 10.6. The Labute approximate surface area is 153 Å². The summed E-state index contributed by atoms with van der Waals surface area (Å²) in [7, 11) is 0. The zero-order chi connectivity index (χ0) is 17.5. The lowest BCUT2D eigenvalue weighted by atomic mass is 9.90. The van der Waals surface area contributed by atoms with Crippen LogP contribution in [0.1, 0.15) is 22.6 Å². The molecule has 2 nitrogen and oxygen atoms in total. The maximum Gasteiger partial charge on any atom is 0.232 e. The van der Waals surface area contributed by atoms with Crippen LogP contribution in [0.4, 0.5) is 0 Å². The molecule has 0 aliphatic carbocycles. The number of amides is 1. The van der Waals surface area contributed by atoms with E-state index in [1.165, 1.54) is 0 Å². The number of hydrogen-bond acceptors (Lipinski definition) is 1. The highest BCUT2D eigenvalue weighted by Crippen LogP contribution is 2.24. The van der Waals surface area contributed by atoms with Crippen molar-refractivity contribution in [1.82, 2.24) is 5.32 Å². The average Bonchev–Trinajstić information content (AvgIpc) is 2.64. The van der Waals surface area contributed by atoms with Crippen LogP contribution in [-0.4, -0.2) is 12.5 Å². The SMILES string of the molecule is O=C(NCCc1cccc(Cl)c1)C(c1ccccc1)c1ccccc1. The number of hydrogen-bond donors (Lipinski definition) is 1. The van der Waals surface area contributed by atoms with E-state index in [4.69, 9.17) is 11.6 Å². The van der Waals surface area contributed by atoms with E-state index in [0.717, 1.165) is 28.1 Å². The Hall–Kier alpha value is -2.58. The number of carbonyl (C=O) groups is 1. The molecule has 0 aliphatic rings. The summed E-state index contributed by atoms with van der Waals surface area (Å²) in [5.74, 6) is -0.291. The minimum Gasteiger partial charge on any atom is -0.355 e. The average molecular weight is 350 g/mol. The van der Waals surface area contributed by atoms with Crippen molar-refractivity contribution < 1.29 is 4.79 Å². The monoisotopic (exact) mass is 349 g/mol. The molecular weight excluding hydrogens is 330 g/mol. The summed E-state index contributed by atoms with van der Waals surface area (Å²) >= 11 is 6.01. The molecule has 1 N–H and O–H groups in total. The zero-order valence-corrected chi connectivity index (χ0v) is 14.6. The Kier molecular flexibility index (Phi) is 5.86. The molecule has 126 valence electrons. The van der Waals surface area contributed by atoms with Gasteiger partial charge < -0.3 is 5.32 Å². The summed E-state index contributed by atoms with van der Waals surface area (Å²) < 4.78 is 0. The van der Waals surface area contributed by atoms with E-state index >= 15 is 0 Å². The highest BCUT2D eigenvalue weighted by atomic mass is 35.5. The fourth-order valence-electron chi connectivity index (χ4n) is 2.91. The van der Waals surface area contributed by atoms with E-state index in [1.54, 1.807) is 0 Å². The maximum absolute atomic E-state index is 12.9. The van der Waals surface area contributed by atoms with Gasteiger partial charge in [-0.3, -0.25) is 4.79 Å². The van der Waals surface area contributed by atoms with Crippen LogP contribution in [-0.2, 0) is 11.2 Å². The van der Waals surface area contributed by atoms with Crippen LogP contribution in [0.3, 0.4) is 0 Å². The topological polar surface area (TPSA) is 29.1 Å². The molecule has 0 bridgehead atoms. The molecule has 3 aromatic carbocycles. The number of rotatable bonds is 6. The summed E-state index contributed by atoms with van der Waals surface area (Å²) in [6.07, 6.45) is 0.753. The van der Waals surface area contributed by atoms with Gasteiger partial charge >= 0.3 is 0 Å². The van der Waals surface area contributed by atoms with Crippen LogP contribution in [0.25, 0.3) is 0 Å². The predicted octanol–water partition coefficient (Wildman–Crippen LogP) is 4.83. The van der Waals surface area contributed by atoms with E-state index < -0.39 is 0 Å². The van der Waals surface area contributed by atoms with Crippen molar-refractivity contribution in [3.8, 4) is 0 Å². The molecule has 1 amide bonds. The van der Waals surface area contributed by atoms with Crippen LogP contribution < -0.4 is 5.32 Å². The zero-order valence-electron chi connectivity index (χ0n) is 13.9. The van der Waals surface area contributed by atoms with Gasteiger partial charge in [-0.25, -0.2) is 0 Å². The van der Waals surface area contributed by atoms with E-state index in [0.29, 0.717) is 6.54 Å². The quantitative estimate of drug-likeness (QED) is 0.678. The van der Waals surface area contributed by atoms with Gasteiger partial charge in [0.1, 0.15) is 0 Å². The third-order valence-corrected chi connectivity index (χ3v) is 4.37. The molecule has 0 aliphatic heterocycles. The number of halogens is 1. The highest BCUT2D eigenvalue weighted by molar-refractivity contribution is 6.30. The first-order chi connectivity index (χ1) is 12.2. The standard InChI is InChI=1S/C22H20ClNO/c23-20-13-7-8-17(16-20)14-15-24-22(25)21(18-9-3-1-4-10-18)19-11-5-2-6-12-19/h1-13,16,21H,14-15H2,(H,24,25). The molecule has 3 heteroatoms. The van der Waals surface area contributed by atoms with Crippen molar-refractivity contribution in [2.75, 3.05) is 6.54 Å².